The predicted octanol–water partition coefficient (Wildman–Crippen LogP) is 4.24. The van der Waals surface area contributed by atoms with Crippen LogP contribution in [-0.2, 0) is 12.7 Å². The molecule has 156 valence electrons. The largest absolute Gasteiger partial charge is 0.418 e. The van der Waals surface area contributed by atoms with Gasteiger partial charge in [-0.25, -0.2) is 4.79 Å². The molecule has 0 unspecified atom stereocenters. The van der Waals surface area contributed by atoms with Gasteiger partial charge in [-0.15, -0.1) is 0 Å². The summed E-state index contributed by atoms with van der Waals surface area (Å²) in [6, 6.07) is 11.9. The Bertz CT molecular complexity index is 817. The van der Waals surface area contributed by atoms with E-state index in [2.05, 4.69) is 15.5 Å². The number of para-hydroxylation sites is 1. The molecule has 1 fully saturated rings. The molecule has 1 saturated heterocycles. The van der Waals surface area contributed by atoms with E-state index in [1.54, 1.807) is 0 Å². The van der Waals surface area contributed by atoms with Crippen molar-refractivity contribution in [2.24, 2.45) is 5.92 Å². The summed E-state index contributed by atoms with van der Waals surface area (Å²) in [5, 5.41) is 14.1. The van der Waals surface area contributed by atoms with Gasteiger partial charge in [-0.1, -0.05) is 24.3 Å². The molecule has 2 aromatic carbocycles. The number of urea groups is 1. The molecular formula is C21H24F3N3O2. The number of nitrogens with one attached hydrogen (secondary N) is 2. The second-order valence-electron chi connectivity index (χ2n) is 7.13. The topological polar surface area (TPSA) is 64.6 Å². The van der Waals surface area contributed by atoms with Crippen molar-refractivity contribution in [1.29, 1.82) is 0 Å². The maximum absolute atomic E-state index is 13.0. The molecule has 0 bridgehead atoms. The molecule has 1 heterocycles. The van der Waals surface area contributed by atoms with Crippen molar-refractivity contribution in [2.45, 2.75) is 25.6 Å². The van der Waals surface area contributed by atoms with E-state index in [9.17, 15) is 23.1 Å². The van der Waals surface area contributed by atoms with Gasteiger partial charge in [0, 0.05) is 31.9 Å². The third kappa shape index (κ3) is 5.63. The Morgan fingerprint density at radius 3 is 2.34 bits per heavy atom. The van der Waals surface area contributed by atoms with Gasteiger partial charge in [0.05, 0.1) is 11.3 Å². The summed E-state index contributed by atoms with van der Waals surface area (Å²) in [7, 11) is 0. The Morgan fingerprint density at radius 1 is 1.07 bits per heavy atom. The van der Waals surface area contributed by atoms with E-state index in [1.807, 2.05) is 24.3 Å². The van der Waals surface area contributed by atoms with Crippen molar-refractivity contribution in [2.75, 3.05) is 29.9 Å². The Morgan fingerprint density at radius 2 is 1.72 bits per heavy atom. The molecule has 8 heteroatoms. The summed E-state index contributed by atoms with van der Waals surface area (Å²) < 4.78 is 39.0. The second kappa shape index (κ2) is 9.17. The first-order valence-electron chi connectivity index (χ1n) is 9.52. The number of alkyl halides is 3. The maximum atomic E-state index is 13.0. The average molecular weight is 407 g/mol. The standard InChI is InChI=1S/C21H24F3N3O2/c22-21(23,24)18-3-1-2-4-19(18)26-20(29)25-13-15-5-7-17(8-6-15)27-11-9-16(14-28)10-12-27/h1-8,16,28H,9-14H2,(H2,25,26,29). The predicted molar refractivity (Wildman–Crippen MR) is 106 cm³/mol. The quantitative estimate of drug-likeness (QED) is 0.695. The van der Waals surface area contributed by atoms with Gasteiger partial charge in [-0.2, -0.15) is 13.2 Å². The number of halogens is 3. The van der Waals surface area contributed by atoms with Crippen molar-refractivity contribution in [3.8, 4) is 0 Å². The second-order valence-corrected chi connectivity index (χ2v) is 7.13. The number of rotatable bonds is 5. The van der Waals surface area contributed by atoms with Crippen LogP contribution >= 0.6 is 0 Å². The van der Waals surface area contributed by atoms with Gasteiger partial charge >= 0.3 is 12.2 Å². The zero-order valence-corrected chi connectivity index (χ0v) is 15.9. The SMILES string of the molecule is O=C(NCc1ccc(N2CCC(CO)CC2)cc1)Nc1ccccc1C(F)(F)F. The van der Waals surface area contributed by atoms with Crippen LogP contribution < -0.4 is 15.5 Å². The van der Waals surface area contributed by atoms with Crippen LogP contribution in [0.15, 0.2) is 48.5 Å². The zero-order valence-electron chi connectivity index (χ0n) is 15.9. The number of carbonyl (C=O) groups excluding carboxylic acids is 1. The number of aliphatic hydroxyl groups is 1. The molecule has 29 heavy (non-hydrogen) atoms. The molecule has 0 aromatic heterocycles. The molecule has 3 N–H and O–H groups in total. The van der Waals surface area contributed by atoms with Gasteiger partial charge in [0.15, 0.2) is 0 Å². The highest BCUT2D eigenvalue weighted by molar-refractivity contribution is 5.90. The average Bonchev–Trinajstić information content (AvgIpc) is 2.72. The van der Waals surface area contributed by atoms with Crippen LogP contribution in [0.1, 0.15) is 24.0 Å². The Labute approximate surface area is 167 Å². The van der Waals surface area contributed by atoms with Crippen LogP contribution in [0.4, 0.5) is 29.3 Å². The van der Waals surface area contributed by atoms with E-state index in [1.165, 1.54) is 18.2 Å². The number of carbonyl (C=O) groups is 1. The summed E-state index contributed by atoms with van der Waals surface area (Å²) in [4.78, 5) is 14.3. The lowest BCUT2D eigenvalue weighted by molar-refractivity contribution is -0.136. The van der Waals surface area contributed by atoms with Crippen LogP contribution in [-0.4, -0.2) is 30.8 Å². The maximum Gasteiger partial charge on any atom is 0.418 e. The molecule has 0 atom stereocenters. The summed E-state index contributed by atoms with van der Waals surface area (Å²) in [6.07, 6.45) is -2.62. The minimum Gasteiger partial charge on any atom is -0.396 e. The van der Waals surface area contributed by atoms with Gasteiger partial charge in [-0.3, -0.25) is 0 Å². The van der Waals surface area contributed by atoms with Gasteiger partial charge < -0.3 is 20.6 Å². The highest BCUT2D eigenvalue weighted by Gasteiger charge is 2.33. The number of aliphatic hydroxyl groups excluding tert-OH is 1. The number of nitrogens with zero attached hydrogens (tertiary/aromatic N) is 1. The summed E-state index contributed by atoms with van der Waals surface area (Å²) in [5.74, 6) is 0.371. The number of anilines is 2. The molecule has 3 rings (SSSR count). The van der Waals surface area contributed by atoms with E-state index in [0.29, 0.717) is 5.92 Å². The Hall–Kier alpha value is -2.74. The van der Waals surface area contributed by atoms with Gasteiger partial charge in [-0.05, 0) is 48.6 Å². The molecule has 0 radical (unpaired) electrons. The lowest BCUT2D eigenvalue weighted by atomic mass is 9.97. The third-order valence-corrected chi connectivity index (χ3v) is 5.11. The normalized spacial score (nSPS) is 15.2. The van der Waals surface area contributed by atoms with E-state index in [-0.39, 0.29) is 18.8 Å². The number of piperidine rings is 1. The lowest BCUT2D eigenvalue weighted by Crippen LogP contribution is -2.34. The fourth-order valence-corrected chi connectivity index (χ4v) is 3.39. The molecule has 0 spiro atoms. The highest BCUT2D eigenvalue weighted by Crippen LogP contribution is 2.34. The van der Waals surface area contributed by atoms with Crippen LogP contribution in [0.2, 0.25) is 0 Å². The van der Waals surface area contributed by atoms with Crippen molar-refractivity contribution in [3.05, 3.63) is 59.7 Å². The first kappa shape index (κ1) is 21.0. The van der Waals surface area contributed by atoms with Crippen molar-refractivity contribution in [1.82, 2.24) is 5.32 Å². The molecule has 0 aliphatic carbocycles. The van der Waals surface area contributed by atoms with Crippen molar-refractivity contribution < 1.29 is 23.1 Å². The summed E-state index contributed by atoms with van der Waals surface area (Å²) >= 11 is 0. The molecule has 2 aromatic rings. The summed E-state index contributed by atoms with van der Waals surface area (Å²) in [6.45, 7) is 2.22. The van der Waals surface area contributed by atoms with Crippen LogP contribution in [0.5, 0.6) is 0 Å². The van der Waals surface area contributed by atoms with Crippen molar-refractivity contribution >= 4 is 17.4 Å². The molecule has 0 saturated carbocycles. The molecule has 2 amide bonds. The lowest BCUT2D eigenvalue weighted by Gasteiger charge is -2.33. The minimum absolute atomic E-state index is 0.201. The summed E-state index contributed by atoms with van der Waals surface area (Å²) in [5.41, 5.74) is 0.760. The fraction of sp³-hybridized carbons (Fsp3) is 0.381. The van der Waals surface area contributed by atoms with Crippen LogP contribution in [0.25, 0.3) is 0 Å². The monoisotopic (exact) mass is 407 g/mol. The molecule has 1 aliphatic heterocycles. The first-order chi connectivity index (χ1) is 13.9. The van der Waals surface area contributed by atoms with E-state index >= 15 is 0 Å². The fourth-order valence-electron chi connectivity index (χ4n) is 3.39. The number of hydrogen-bond acceptors (Lipinski definition) is 3. The van der Waals surface area contributed by atoms with Gasteiger partial charge in [0.2, 0.25) is 0 Å². The Balaban J connectivity index is 1.52. The number of hydrogen-bond donors (Lipinski definition) is 3. The third-order valence-electron chi connectivity index (χ3n) is 5.11. The molecule has 1 aliphatic rings. The first-order valence-corrected chi connectivity index (χ1v) is 9.52. The smallest absolute Gasteiger partial charge is 0.396 e. The minimum atomic E-state index is -4.54. The van der Waals surface area contributed by atoms with Crippen LogP contribution in [0.3, 0.4) is 0 Å². The van der Waals surface area contributed by atoms with Gasteiger partial charge in [0.25, 0.3) is 0 Å². The van der Waals surface area contributed by atoms with E-state index in [0.717, 1.165) is 43.2 Å². The zero-order chi connectivity index (χ0) is 20.9. The Kier molecular flexibility index (Phi) is 6.64. The van der Waals surface area contributed by atoms with Crippen molar-refractivity contribution in [3.63, 3.8) is 0 Å². The van der Waals surface area contributed by atoms with E-state index < -0.39 is 17.8 Å². The van der Waals surface area contributed by atoms with Gasteiger partial charge in [0.1, 0.15) is 0 Å². The number of benzene rings is 2. The number of amides is 2. The highest BCUT2D eigenvalue weighted by atomic mass is 19.4. The van der Waals surface area contributed by atoms with Crippen LogP contribution in [0, 0.1) is 5.92 Å². The van der Waals surface area contributed by atoms with E-state index in [4.69, 9.17) is 0 Å². The molecular weight excluding hydrogens is 383 g/mol. The molecule has 5 nitrogen and oxygen atoms in total.